The lowest BCUT2D eigenvalue weighted by Crippen LogP contribution is -2.12. The summed E-state index contributed by atoms with van der Waals surface area (Å²) in [4.78, 5) is 12.4. The molecular formula is C19H17F4N3O2. The summed E-state index contributed by atoms with van der Waals surface area (Å²) < 4.78 is 57.7. The van der Waals surface area contributed by atoms with Gasteiger partial charge in [-0.2, -0.15) is 5.10 Å². The van der Waals surface area contributed by atoms with Crippen molar-refractivity contribution < 1.29 is 26.8 Å². The number of carbonyl (C=O) groups is 1. The van der Waals surface area contributed by atoms with Crippen LogP contribution in [0.25, 0.3) is 0 Å². The minimum absolute atomic E-state index is 0.0317. The van der Waals surface area contributed by atoms with Crippen molar-refractivity contribution in [2.45, 2.75) is 33.2 Å². The molecule has 2 aromatic heterocycles. The van der Waals surface area contributed by atoms with Gasteiger partial charge in [-0.05, 0) is 49.2 Å². The Labute approximate surface area is 158 Å². The highest BCUT2D eigenvalue weighted by Gasteiger charge is 2.22. The van der Waals surface area contributed by atoms with Crippen LogP contribution in [0, 0.1) is 13.8 Å². The number of amides is 1. The molecule has 0 aliphatic heterocycles. The Morgan fingerprint density at radius 3 is 2.57 bits per heavy atom. The van der Waals surface area contributed by atoms with E-state index in [-0.39, 0.29) is 18.1 Å². The molecule has 9 heteroatoms. The van der Waals surface area contributed by atoms with E-state index >= 15 is 0 Å². The van der Waals surface area contributed by atoms with Crippen LogP contribution < -0.4 is 5.32 Å². The van der Waals surface area contributed by atoms with Crippen LogP contribution in [0.3, 0.4) is 0 Å². The van der Waals surface area contributed by atoms with Gasteiger partial charge in [0.1, 0.15) is 17.1 Å². The molecule has 0 saturated carbocycles. The molecule has 3 rings (SSSR count). The average Bonchev–Trinajstić information content (AvgIpc) is 3.26. The molecule has 1 amide bonds. The Kier molecular flexibility index (Phi) is 5.53. The molecule has 0 fully saturated rings. The number of anilines is 1. The lowest BCUT2D eigenvalue weighted by molar-refractivity contribution is 0.0994. The highest BCUT2D eigenvalue weighted by molar-refractivity contribution is 6.02. The number of hydrogen-bond donors (Lipinski definition) is 1. The molecule has 0 bridgehead atoms. The zero-order valence-electron chi connectivity index (χ0n) is 15.0. The van der Waals surface area contributed by atoms with E-state index < -0.39 is 30.1 Å². The van der Waals surface area contributed by atoms with E-state index in [2.05, 4.69) is 10.4 Å². The molecule has 1 N–H and O–H groups in total. The standard InChI is InChI=1S/C19H17F4N3O2/c1-10-4-3-5-13(11(10)2)24-19(27)16-7-6-12(28-16)9-26-15(18(22)23)8-14(25-26)17(20)21/h3-8,17-18H,9H2,1-2H3,(H,24,27). The van der Waals surface area contributed by atoms with Crippen LogP contribution >= 0.6 is 0 Å². The van der Waals surface area contributed by atoms with Gasteiger partial charge in [0, 0.05) is 5.69 Å². The normalized spacial score (nSPS) is 11.4. The first-order valence-corrected chi connectivity index (χ1v) is 8.36. The van der Waals surface area contributed by atoms with E-state index in [0.717, 1.165) is 15.8 Å². The van der Waals surface area contributed by atoms with E-state index in [9.17, 15) is 22.4 Å². The Hall–Kier alpha value is -3.10. The van der Waals surface area contributed by atoms with E-state index in [1.54, 1.807) is 12.1 Å². The second kappa shape index (κ2) is 7.87. The first kappa shape index (κ1) is 19.7. The third-order valence-corrected chi connectivity index (χ3v) is 4.32. The fraction of sp³-hybridized carbons (Fsp3) is 0.263. The van der Waals surface area contributed by atoms with E-state index in [1.807, 2.05) is 19.9 Å². The van der Waals surface area contributed by atoms with Crippen LogP contribution in [0.4, 0.5) is 23.2 Å². The van der Waals surface area contributed by atoms with Crippen molar-refractivity contribution in [2.24, 2.45) is 0 Å². The molecule has 148 valence electrons. The maximum Gasteiger partial charge on any atom is 0.291 e. The Bertz CT molecular complexity index is 995. The van der Waals surface area contributed by atoms with Gasteiger partial charge >= 0.3 is 0 Å². The molecule has 2 heterocycles. The van der Waals surface area contributed by atoms with E-state index in [1.165, 1.54) is 12.1 Å². The number of hydrogen-bond acceptors (Lipinski definition) is 3. The van der Waals surface area contributed by atoms with Crippen molar-refractivity contribution in [3.8, 4) is 0 Å². The summed E-state index contributed by atoms with van der Waals surface area (Å²) in [6.45, 7) is 3.47. The van der Waals surface area contributed by atoms with Crippen molar-refractivity contribution in [1.82, 2.24) is 9.78 Å². The maximum absolute atomic E-state index is 13.1. The zero-order chi connectivity index (χ0) is 20.4. The van der Waals surface area contributed by atoms with Crippen molar-refractivity contribution in [3.05, 3.63) is 70.4 Å². The molecular weight excluding hydrogens is 378 g/mol. The Balaban J connectivity index is 1.77. The van der Waals surface area contributed by atoms with Crippen LogP contribution in [0.2, 0.25) is 0 Å². The van der Waals surface area contributed by atoms with Crippen molar-refractivity contribution >= 4 is 11.6 Å². The number of rotatable bonds is 6. The first-order valence-electron chi connectivity index (χ1n) is 8.36. The number of furan rings is 1. The number of aryl methyl sites for hydroxylation is 1. The zero-order valence-corrected chi connectivity index (χ0v) is 15.0. The number of halogens is 4. The lowest BCUT2D eigenvalue weighted by Gasteiger charge is -2.09. The summed E-state index contributed by atoms with van der Waals surface area (Å²) in [6, 6.07) is 8.91. The number of nitrogens with zero attached hydrogens (tertiary/aromatic N) is 2. The van der Waals surface area contributed by atoms with Gasteiger partial charge < -0.3 is 9.73 Å². The van der Waals surface area contributed by atoms with Gasteiger partial charge in [0.25, 0.3) is 18.8 Å². The Morgan fingerprint density at radius 1 is 1.14 bits per heavy atom. The minimum Gasteiger partial charge on any atom is -0.454 e. The monoisotopic (exact) mass is 395 g/mol. The second-order valence-electron chi connectivity index (χ2n) is 6.22. The maximum atomic E-state index is 13.1. The summed E-state index contributed by atoms with van der Waals surface area (Å²) in [5, 5.41) is 6.21. The average molecular weight is 395 g/mol. The summed E-state index contributed by atoms with van der Waals surface area (Å²) in [7, 11) is 0. The molecule has 0 atom stereocenters. The van der Waals surface area contributed by atoms with E-state index in [0.29, 0.717) is 11.8 Å². The molecule has 0 radical (unpaired) electrons. The minimum atomic E-state index is -2.97. The van der Waals surface area contributed by atoms with Gasteiger partial charge in [-0.25, -0.2) is 17.6 Å². The number of aromatic nitrogens is 2. The fourth-order valence-corrected chi connectivity index (χ4v) is 2.66. The van der Waals surface area contributed by atoms with Crippen LogP contribution in [-0.2, 0) is 6.54 Å². The first-order chi connectivity index (χ1) is 13.3. The molecule has 0 unspecified atom stereocenters. The predicted molar refractivity (Wildman–Crippen MR) is 93.8 cm³/mol. The molecule has 28 heavy (non-hydrogen) atoms. The van der Waals surface area contributed by atoms with Gasteiger partial charge in [-0.1, -0.05) is 12.1 Å². The van der Waals surface area contributed by atoms with Gasteiger partial charge in [0.05, 0.1) is 6.54 Å². The van der Waals surface area contributed by atoms with Crippen molar-refractivity contribution in [2.75, 3.05) is 5.32 Å². The number of benzene rings is 1. The summed E-state index contributed by atoms with van der Waals surface area (Å²) in [5.74, 6) is -0.407. The highest BCUT2D eigenvalue weighted by atomic mass is 19.3. The predicted octanol–water partition coefficient (Wildman–Crippen LogP) is 5.27. The molecule has 0 spiro atoms. The van der Waals surface area contributed by atoms with Gasteiger partial charge in [0.15, 0.2) is 5.76 Å². The molecule has 0 aliphatic carbocycles. The number of carbonyl (C=O) groups excluding carboxylic acids is 1. The topological polar surface area (TPSA) is 60.1 Å². The largest absolute Gasteiger partial charge is 0.454 e. The van der Waals surface area contributed by atoms with Crippen LogP contribution in [-0.4, -0.2) is 15.7 Å². The van der Waals surface area contributed by atoms with Gasteiger partial charge in [0.2, 0.25) is 0 Å². The van der Waals surface area contributed by atoms with Gasteiger partial charge in [-0.3, -0.25) is 9.48 Å². The summed E-state index contributed by atoms with van der Waals surface area (Å²) in [5.41, 5.74) is 1.14. The fourth-order valence-electron chi connectivity index (χ4n) is 2.66. The van der Waals surface area contributed by atoms with Crippen molar-refractivity contribution in [3.63, 3.8) is 0 Å². The smallest absolute Gasteiger partial charge is 0.291 e. The molecule has 0 aliphatic rings. The molecule has 5 nitrogen and oxygen atoms in total. The van der Waals surface area contributed by atoms with Crippen molar-refractivity contribution in [1.29, 1.82) is 0 Å². The quantitative estimate of drug-likeness (QED) is 0.579. The van der Waals surface area contributed by atoms with Crippen LogP contribution in [0.5, 0.6) is 0 Å². The molecule has 0 saturated heterocycles. The lowest BCUT2D eigenvalue weighted by atomic mass is 10.1. The second-order valence-corrected chi connectivity index (χ2v) is 6.22. The van der Waals surface area contributed by atoms with E-state index in [4.69, 9.17) is 4.42 Å². The Morgan fingerprint density at radius 2 is 1.89 bits per heavy atom. The SMILES string of the molecule is Cc1cccc(NC(=O)c2ccc(Cn3nc(C(F)F)cc3C(F)F)o2)c1C. The van der Waals surface area contributed by atoms with Crippen LogP contribution in [0.1, 0.15) is 51.7 Å². The van der Waals surface area contributed by atoms with Crippen LogP contribution in [0.15, 0.2) is 40.8 Å². The highest BCUT2D eigenvalue weighted by Crippen LogP contribution is 2.26. The summed E-state index contributed by atoms with van der Waals surface area (Å²) >= 11 is 0. The number of nitrogens with one attached hydrogen (secondary N) is 1. The van der Waals surface area contributed by atoms with Gasteiger partial charge in [-0.15, -0.1) is 0 Å². The number of alkyl halides is 4. The summed E-state index contributed by atoms with van der Waals surface area (Å²) in [6.07, 6.45) is -5.93. The third-order valence-electron chi connectivity index (χ3n) is 4.32. The molecule has 3 aromatic rings. The molecule has 1 aromatic carbocycles. The third kappa shape index (κ3) is 4.08.